The highest BCUT2D eigenvalue weighted by molar-refractivity contribution is 6.33. The molecule has 0 amide bonds. The molecule has 1 aliphatic carbocycles. The SMILES string of the molecule is O=c1c(Cl)c(N2CCC(NC3CC3)CC2)cnn1-c1ccc(C(F)(F)F)cn1. The van der Waals surface area contributed by atoms with Crippen LogP contribution in [0.3, 0.4) is 0 Å². The standard InChI is InChI=1S/C18H19ClF3N5O/c19-16-14(26-7-5-13(6-8-26)25-12-2-3-12)10-24-27(17(16)28)15-4-1-11(9-23-15)18(20,21)22/h1,4,9-10,12-13,25H,2-3,5-8H2. The minimum atomic E-state index is -4.49. The Morgan fingerprint density at radius 3 is 2.32 bits per heavy atom. The lowest BCUT2D eigenvalue weighted by Gasteiger charge is -2.34. The third kappa shape index (κ3) is 4.00. The molecule has 6 nitrogen and oxygen atoms in total. The van der Waals surface area contributed by atoms with Crippen molar-refractivity contribution in [2.24, 2.45) is 0 Å². The molecule has 0 radical (unpaired) electrons. The Kier molecular flexibility index (Phi) is 5.05. The Labute approximate surface area is 164 Å². The highest BCUT2D eigenvalue weighted by atomic mass is 35.5. The first-order valence-corrected chi connectivity index (χ1v) is 9.53. The Morgan fingerprint density at radius 2 is 1.75 bits per heavy atom. The topological polar surface area (TPSA) is 63.1 Å². The van der Waals surface area contributed by atoms with Gasteiger partial charge in [-0.25, -0.2) is 4.98 Å². The van der Waals surface area contributed by atoms with Gasteiger partial charge in [0.05, 0.1) is 17.4 Å². The Bertz CT molecular complexity index is 903. The lowest BCUT2D eigenvalue weighted by molar-refractivity contribution is -0.137. The van der Waals surface area contributed by atoms with Gasteiger partial charge in [0.25, 0.3) is 5.56 Å². The van der Waals surface area contributed by atoms with Gasteiger partial charge in [-0.2, -0.15) is 23.0 Å². The molecule has 0 unspecified atom stereocenters. The molecule has 150 valence electrons. The summed E-state index contributed by atoms with van der Waals surface area (Å²) in [6, 6.07) is 3.09. The van der Waals surface area contributed by atoms with Crippen molar-refractivity contribution in [1.82, 2.24) is 20.1 Å². The minimum Gasteiger partial charge on any atom is -0.369 e. The molecule has 2 aliphatic rings. The van der Waals surface area contributed by atoms with E-state index in [0.717, 1.165) is 42.7 Å². The van der Waals surface area contributed by atoms with Gasteiger partial charge in [-0.1, -0.05) is 11.6 Å². The Balaban J connectivity index is 1.51. The molecule has 2 aromatic heterocycles. The smallest absolute Gasteiger partial charge is 0.369 e. The van der Waals surface area contributed by atoms with E-state index >= 15 is 0 Å². The molecule has 1 saturated heterocycles. The molecule has 4 rings (SSSR count). The average Bonchev–Trinajstić information content (AvgIpc) is 3.48. The van der Waals surface area contributed by atoms with Crippen LogP contribution in [0.15, 0.2) is 29.3 Å². The van der Waals surface area contributed by atoms with Crippen molar-refractivity contribution < 1.29 is 13.2 Å². The predicted octanol–water partition coefficient (Wildman–Crippen LogP) is 3.02. The maximum atomic E-state index is 12.7. The lowest BCUT2D eigenvalue weighted by Crippen LogP contribution is -2.44. The summed E-state index contributed by atoms with van der Waals surface area (Å²) in [6.07, 6.45) is 2.04. The highest BCUT2D eigenvalue weighted by Gasteiger charge is 2.31. The van der Waals surface area contributed by atoms with E-state index in [1.54, 1.807) is 0 Å². The molecule has 0 atom stereocenters. The lowest BCUT2D eigenvalue weighted by atomic mass is 10.0. The first-order chi connectivity index (χ1) is 13.3. The summed E-state index contributed by atoms with van der Waals surface area (Å²) < 4.78 is 38.9. The average molecular weight is 414 g/mol. The van der Waals surface area contributed by atoms with Crippen molar-refractivity contribution in [2.45, 2.75) is 43.9 Å². The summed E-state index contributed by atoms with van der Waals surface area (Å²) in [4.78, 5) is 18.3. The van der Waals surface area contributed by atoms with Gasteiger partial charge in [0, 0.05) is 31.4 Å². The number of nitrogens with one attached hydrogen (secondary N) is 1. The maximum Gasteiger partial charge on any atom is 0.417 e. The third-order valence-electron chi connectivity index (χ3n) is 5.08. The summed E-state index contributed by atoms with van der Waals surface area (Å²) in [7, 11) is 0. The number of halogens is 4. The number of pyridine rings is 1. The van der Waals surface area contributed by atoms with Gasteiger partial charge < -0.3 is 10.2 Å². The van der Waals surface area contributed by atoms with Crippen molar-refractivity contribution in [2.75, 3.05) is 18.0 Å². The van der Waals surface area contributed by atoms with Crippen LogP contribution in [-0.4, -0.2) is 39.9 Å². The minimum absolute atomic E-state index is 0.00898. The maximum absolute atomic E-state index is 12.7. The molecule has 2 fully saturated rings. The Morgan fingerprint density at radius 1 is 1.07 bits per heavy atom. The molecule has 10 heteroatoms. The second-order valence-corrected chi connectivity index (χ2v) is 7.54. The van der Waals surface area contributed by atoms with Crippen LogP contribution in [0.2, 0.25) is 5.02 Å². The van der Waals surface area contributed by atoms with E-state index in [4.69, 9.17) is 11.6 Å². The quantitative estimate of drug-likeness (QED) is 0.834. The molecule has 1 saturated carbocycles. The van der Waals surface area contributed by atoms with Crippen LogP contribution in [0, 0.1) is 0 Å². The molecule has 2 aromatic rings. The second-order valence-electron chi connectivity index (χ2n) is 7.17. The van der Waals surface area contributed by atoms with Crippen LogP contribution in [0.4, 0.5) is 18.9 Å². The normalized spacial score (nSPS) is 18.5. The van der Waals surface area contributed by atoms with Crippen LogP contribution in [0.25, 0.3) is 5.82 Å². The van der Waals surface area contributed by atoms with Crippen LogP contribution in [-0.2, 0) is 6.18 Å². The first kappa shape index (κ1) is 19.2. The summed E-state index contributed by atoms with van der Waals surface area (Å²) in [5.41, 5.74) is -0.959. The van der Waals surface area contributed by atoms with Gasteiger partial charge in [-0.3, -0.25) is 4.79 Å². The number of hydrogen-bond donors (Lipinski definition) is 1. The van der Waals surface area contributed by atoms with Gasteiger partial charge in [0.2, 0.25) is 0 Å². The molecule has 3 heterocycles. The molecule has 1 aliphatic heterocycles. The van der Waals surface area contributed by atoms with Crippen molar-refractivity contribution >= 4 is 17.3 Å². The summed E-state index contributed by atoms with van der Waals surface area (Å²) in [6.45, 7) is 1.52. The molecule has 1 N–H and O–H groups in total. The molecule has 0 spiro atoms. The largest absolute Gasteiger partial charge is 0.417 e. The van der Waals surface area contributed by atoms with E-state index in [1.807, 2.05) is 4.90 Å². The summed E-state index contributed by atoms with van der Waals surface area (Å²) in [5.74, 6) is -0.0150. The number of alkyl halides is 3. The van der Waals surface area contributed by atoms with Crippen molar-refractivity contribution in [3.05, 3.63) is 45.5 Å². The van der Waals surface area contributed by atoms with E-state index in [-0.39, 0.29) is 10.8 Å². The number of hydrogen-bond acceptors (Lipinski definition) is 5. The van der Waals surface area contributed by atoms with E-state index in [0.29, 0.717) is 24.0 Å². The van der Waals surface area contributed by atoms with Gasteiger partial charge in [0.15, 0.2) is 5.82 Å². The van der Waals surface area contributed by atoms with Crippen molar-refractivity contribution in [3.63, 3.8) is 0 Å². The van der Waals surface area contributed by atoms with E-state index in [2.05, 4.69) is 15.4 Å². The zero-order chi connectivity index (χ0) is 19.9. The van der Waals surface area contributed by atoms with Crippen molar-refractivity contribution in [1.29, 1.82) is 0 Å². The number of aromatic nitrogens is 3. The Hall–Kier alpha value is -2.13. The first-order valence-electron chi connectivity index (χ1n) is 9.15. The number of piperidine rings is 1. The van der Waals surface area contributed by atoms with Gasteiger partial charge >= 0.3 is 6.18 Å². The molecular formula is C18H19ClF3N5O. The monoisotopic (exact) mass is 413 g/mol. The predicted molar refractivity (Wildman–Crippen MR) is 99.0 cm³/mol. The fourth-order valence-corrected chi connectivity index (χ4v) is 3.61. The molecule has 0 bridgehead atoms. The van der Waals surface area contributed by atoms with Crippen LogP contribution >= 0.6 is 11.6 Å². The fraction of sp³-hybridized carbons (Fsp3) is 0.500. The zero-order valence-electron chi connectivity index (χ0n) is 14.9. The molecule has 28 heavy (non-hydrogen) atoms. The second kappa shape index (κ2) is 7.36. The van der Waals surface area contributed by atoms with Crippen LogP contribution in [0.1, 0.15) is 31.2 Å². The zero-order valence-corrected chi connectivity index (χ0v) is 15.7. The molecular weight excluding hydrogens is 395 g/mol. The summed E-state index contributed by atoms with van der Waals surface area (Å²) in [5, 5.41) is 7.67. The van der Waals surface area contributed by atoms with E-state index in [9.17, 15) is 18.0 Å². The van der Waals surface area contributed by atoms with Crippen molar-refractivity contribution in [3.8, 4) is 5.82 Å². The van der Waals surface area contributed by atoms with Gasteiger partial charge in [-0.15, -0.1) is 0 Å². The number of rotatable bonds is 4. The fourth-order valence-electron chi connectivity index (χ4n) is 3.36. The van der Waals surface area contributed by atoms with Gasteiger partial charge in [-0.05, 0) is 37.8 Å². The summed E-state index contributed by atoms with van der Waals surface area (Å²) >= 11 is 6.28. The van der Waals surface area contributed by atoms with E-state index in [1.165, 1.54) is 19.0 Å². The number of anilines is 1. The van der Waals surface area contributed by atoms with Crippen LogP contribution < -0.4 is 15.8 Å². The van der Waals surface area contributed by atoms with E-state index < -0.39 is 17.3 Å². The van der Waals surface area contributed by atoms with Gasteiger partial charge in [0.1, 0.15) is 5.02 Å². The molecule has 0 aromatic carbocycles. The highest BCUT2D eigenvalue weighted by Crippen LogP contribution is 2.29. The number of nitrogens with zero attached hydrogens (tertiary/aromatic N) is 4. The third-order valence-corrected chi connectivity index (χ3v) is 5.43. The van der Waals surface area contributed by atoms with Crippen LogP contribution in [0.5, 0.6) is 0 Å².